The zero-order valence-corrected chi connectivity index (χ0v) is 13.6. The average molecular weight is 354 g/mol. The molecule has 0 aliphatic heterocycles. The highest BCUT2D eigenvalue weighted by Crippen LogP contribution is 2.28. The molecule has 0 aliphatic carbocycles. The molecule has 120 valence electrons. The zero-order valence-electron chi connectivity index (χ0n) is 12.1. The number of ether oxygens (including phenoxy) is 2. The van der Waals surface area contributed by atoms with Gasteiger partial charge in [0.15, 0.2) is 12.4 Å². The van der Waals surface area contributed by atoms with Crippen molar-refractivity contribution in [3.8, 4) is 11.5 Å². The minimum absolute atomic E-state index is 0.235. The highest BCUT2D eigenvalue weighted by atomic mass is 35.5. The average Bonchev–Trinajstić information content (AvgIpc) is 2.48. The van der Waals surface area contributed by atoms with Crippen molar-refractivity contribution in [2.75, 3.05) is 11.9 Å². The molecular formula is C16H13Cl2NO4. The van der Waals surface area contributed by atoms with E-state index in [2.05, 4.69) is 5.32 Å². The fourth-order valence-corrected chi connectivity index (χ4v) is 2.19. The van der Waals surface area contributed by atoms with E-state index in [9.17, 15) is 9.59 Å². The largest absolute Gasteiger partial charge is 0.480 e. The summed E-state index contributed by atoms with van der Waals surface area (Å²) in [5, 5.41) is 3.34. The molecule has 7 heteroatoms. The lowest BCUT2D eigenvalue weighted by Crippen LogP contribution is -2.19. The first kappa shape index (κ1) is 17.1. The highest BCUT2D eigenvalue weighted by molar-refractivity contribution is 6.35. The lowest BCUT2D eigenvalue weighted by molar-refractivity contribution is -0.136. The molecule has 5 nitrogen and oxygen atoms in total. The Morgan fingerprint density at radius 2 is 1.83 bits per heavy atom. The molecule has 1 N–H and O–H groups in total. The third-order valence-corrected chi connectivity index (χ3v) is 3.19. The molecular weight excluding hydrogens is 341 g/mol. The Morgan fingerprint density at radius 3 is 2.52 bits per heavy atom. The van der Waals surface area contributed by atoms with Crippen LogP contribution in [0.3, 0.4) is 0 Å². The van der Waals surface area contributed by atoms with Gasteiger partial charge in [-0.15, -0.1) is 0 Å². The van der Waals surface area contributed by atoms with Crippen LogP contribution in [0.5, 0.6) is 11.5 Å². The summed E-state index contributed by atoms with van der Waals surface area (Å²) in [6, 6.07) is 11.3. The van der Waals surface area contributed by atoms with Crippen LogP contribution in [-0.4, -0.2) is 18.5 Å². The van der Waals surface area contributed by atoms with E-state index < -0.39 is 5.97 Å². The second-order valence-electron chi connectivity index (χ2n) is 4.51. The number of carbonyl (C=O) groups is 2. The standard InChI is InChI=1S/C16H13Cl2NO4/c1-10(20)19-13-4-2-3-5-15(13)23-16(21)9-22-14-7-6-11(17)8-12(14)18/h2-8H,9H2,1H3,(H,19,20). The maximum Gasteiger partial charge on any atom is 0.349 e. The normalized spacial score (nSPS) is 10.0. The van der Waals surface area contributed by atoms with Gasteiger partial charge in [0.25, 0.3) is 0 Å². The van der Waals surface area contributed by atoms with Crippen LogP contribution in [0.25, 0.3) is 0 Å². The lowest BCUT2D eigenvalue weighted by atomic mass is 10.3. The van der Waals surface area contributed by atoms with Gasteiger partial charge in [-0.2, -0.15) is 0 Å². The van der Waals surface area contributed by atoms with Gasteiger partial charge in [-0.3, -0.25) is 4.79 Å². The summed E-state index contributed by atoms with van der Waals surface area (Å²) < 4.78 is 10.5. The van der Waals surface area contributed by atoms with Gasteiger partial charge in [-0.05, 0) is 30.3 Å². The van der Waals surface area contributed by atoms with Crippen LogP contribution in [-0.2, 0) is 9.59 Å². The molecule has 0 aromatic heterocycles. The number of hydrogen-bond donors (Lipinski definition) is 1. The van der Waals surface area contributed by atoms with Gasteiger partial charge in [0.2, 0.25) is 5.91 Å². The Kier molecular flexibility index (Phi) is 5.84. The van der Waals surface area contributed by atoms with E-state index in [1.807, 2.05) is 0 Å². The number of hydrogen-bond acceptors (Lipinski definition) is 4. The van der Waals surface area contributed by atoms with Crippen molar-refractivity contribution in [3.63, 3.8) is 0 Å². The number of anilines is 1. The minimum atomic E-state index is -0.631. The van der Waals surface area contributed by atoms with E-state index in [0.717, 1.165) is 0 Å². The molecule has 1 amide bonds. The number of esters is 1. The lowest BCUT2D eigenvalue weighted by Gasteiger charge is -2.11. The summed E-state index contributed by atoms with van der Waals surface area (Å²) in [6.07, 6.45) is 0. The van der Waals surface area contributed by atoms with E-state index in [0.29, 0.717) is 21.5 Å². The fraction of sp³-hybridized carbons (Fsp3) is 0.125. The molecule has 0 atom stereocenters. The Hall–Kier alpha value is -2.24. The van der Waals surface area contributed by atoms with E-state index in [-0.39, 0.29) is 18.3 Å². The van der Waals surface area contributed by atoms with Crippen LogP contribution in [0.1, 0.15) is 6.92 Å². The molecule has 0 heterocycles. The number of rotatable bonds is 5. The number of halogens is 2. The van der Waals surface area contributed by atoms with Crippen LogP contribution in [0, 0.1) is 0 Å². The molecule has 0 radical (unpaired) electrons. The topological polar surface area (TPSA) is 64.6 Å². The molecule has 0 saturated carbocycles. The first-order valence-corrected chi connectivity index (χ1v) is 7.36. The minimum Gasteiger partial charge on any atom is -0.480 e. The van der Waals surface area contributed by atoms with Crippen molar-refractivity contribution >= 4 is 40.8 Å². The Balaban J connectivity index is 1.98. The molecule has 2 rings (SSSR count). The highest BCUT2D eigenvalue weighted by Gasteiger charge is 2.12. The van der Waals surface area contributed by atoms with Crippen LogP contribution < -0.4 is 14.8 Å². The summed E-state index contributed by atoms with van der Waals surface area (Å²) in [5.74, 6) is -0.340. The Labute approximate surface area is 143 Å². The quantitative estimate of drug-likeness (QED) is 0.653. The van der Waals surface area contributed by atoms with Gasteiger partial charge in [0, 0.05) is 11.9 Å². The number of carbonyl (C=O) groups excluding carboxylic acids is 2. The van der Waals surface area contributed by atoms with Crippen molar-refractivity contribution in [2.45, 2.75) is 6.92 Å². The SMILES string of the molecule is CC(=O)Nc1ccccc1OC(=O)COc1ccc(Cl)cc1Cl. The van der Waals surface area contributed by atoms with E-state index in [1.54, 1.807) is 36.4 Å². The summed E-state index contributed by atoms with van der Waals surface area (Å²) in [5.41, 5.74) is 0.401. The van der Waals surface area contributed by atoms with Gasteiger partial charge in [-0.1, -0.05) is 35.3 Å². The first-order chi connectivity index (χ1) is 11.0. The van der Waals surface area contributed by atoms with Crippen molar-refractivity contribution in [2.24, 2.45) is 0 Å². The number of benzene rings is 2. The number of para-hydroxylation sites is 2. The monoisotopic (exact) mass is 353 g/mol. The van der Waals surface area contributed by atoms with Crippen molar-refractivity contribution in [1.29, 1.82) is 0 Å². The fourth-order valence-electron chi connectivity index (χ4n) is 1.73. The number of amides is 1. The third-order valence-electron chi connectivity index (χ3n) is 2.66. The summed E-state index contributed by atoms with van der Waals surface area (Å²) in [7, 11) is 0. The van der Waals surface area contributed by atoms with Crippen molar-refractivity contribution in [1.82, 2.24) is 0 Å². The maximum atomic E-state index is 11.9. The van der Waals surface area contributed by atoms with Crippen LogP contribution in [0.4, 0.5) is 5.69 Å². The van der Waals surface area contributed by atoms with Crippen molar-refractivity contribution in [3.05, 3.63) is 52.5 Å². The molecule has 0 fully saturated rings. The second-order valence-corrected chi connectivity index (χ2v) is 5.36. The third kappa shape index (κ3) is 5.16. The van der Waals surface area contributed by atoms with Gasteiger partial charge >= 0.3 is 5.97 Å². The summed E-state index contributed by atoms with van der Waals surface area (Å²) >= 11 is 11.7. The summed E-state index contributed by atoms with van der Waals surface area (Å²) in [4.78, 5) is 23.0. The molecule has 0 bridgehead atoms. The van der Waals surface area contributed by atoms with Gasteiger partial charge < -0.3 is 14.8 Å². The molecule has 0 saturated heterocycles. The smallest absolute Gasteiger partial charge is 0.349 e. The van der Waals surface area contributed by atoms with Crippen LogP contribution in [0.2, 0.25) is 10.0 Å². The molecule has 0 spiro atoms. The predicted molar refractivity (Wildman–Crippen MR) is 88.3 cm³/mol. The predicted octanol–water partition coefficient (Wildman–Crippen LogP) is 3.94. The van der Waals surface area contributed by atoms with E-state index in [1.165, 1.54) is 13.0 Å². The van der Waals surface area contributed by atoms with Gasteiger partial charge in [-0.25, -0.2) is 4.79 Å². The Morgan fingerprint density at radius 1 is 1.09 bits per heavy atom. The molecule has 2 aromatic carbocycles. The molecule has 0 unspecified atom stereocenters. The van der Waals surface area contributed by atoms with Crippen LogP contribution >= 0.6 is 23.2 Å². The maximum absolute atomic E-state index is 11.9. The van der Waals surface area contributed by atoms with Crippen molar-refractivity contribution < 1.29 is 19.1 Å². The summed E-state index contributed by atoms with van der Waals surface area (Å²) in [6.45, 7) is 1.03. The first-order valence-electron chi connectivity index (χ1n) is 6.61. The zero-order chi connectivity index (χ0) is 16.8. The Bertz CT molecular complexity index is 734. The second kappa shape index (κ2) is 7.85. The van der Waals surface area contributed by atoms with E-state index in [4.69, 9.17) is 32.7 Å². The molecule has 23 heavy (non-hydrogen) atoms. The van der Waals surface area contributed by atoms with Gasteiger partial charge in [0.1, 0.15) is 5.75 Å². The van der Waals surface area contributed by atoms with Crippen LogP contribution in [0.15, 0.2) is 42.5 Å². The molecule has 0 aliphatic rings. The molecule has 2 aromatic rings. The number of nitrogens with one attached hydrogen (secondary N) is 1. The van der Waals surface area contributed by atoms with E-state index >= 15 is 0 Å². The van der Waals surface area contributed by atoms with Gasteiger partial charge in [0.05, 0.1) is 10.7 Å².